The molecule has 0 fully saturated rings. The molecule has 0 aliphatic carbocycles. The molecule has 6 heteroatoms. The summed E-state index contributed by atoms with van der Waals surface area (Å²) in [7, 11) is 1.65. The van der Waals surface area contributed by atoms with Gasteiger partial charge < -0.3 is 10.1 Å². The van der Waals surface area contributed by atoms with Gasteiger partial charge in [-0.15, -0.1) is 0 Å². The average Bonchev–Trinajstić information content (AvgIpc) is 2.46. The minimum atomic E-state index is -0.0372. The number of ketones is 1. The number of rotatable bonds is 5. The molecule has 2 aromatic rings. The van der Waals surface area contributed by atoms with E-state index >= 15 is 0 Å². The molecule has 22 heavy (non-hydrogen) atoms. The van der Waals surface area contributed by atoms with Crippen LogP contribution in [0.25, 0.3) is 0 Å². The normalized spacial score (nSPS) is 10.4. The van der Waals surface area contributed by atoms with Crippen LogP contribution in [0, 0.1) is 20.8 Å². The van der Waals surface area contributed by atoms with Gasteiger partial charge in [0.25, 0.3) is 0 Å². The number of hydrogen-bond acceptors (Lipinski definition) is 6. The smallest absolute Gasteiger partial charge is 0.223 e. The maximum Gasteiger partial charge on any atom is 0.223 e. The fourth-order valence-electron chi connectivity index (χ4n) is 2.31. The second-order valence-electron chi connectivity index (χ2n) is 5.15. The Balaban J connectivity index is 2.17. The van der Waals surface area contributed by atoms with E-state index in [4.69, 9.17) is 4.74 Å². The fraction of sp³-hybridized carbons (Fsp3) is 0.375. The van der Waals surface area contributed by atoms with Crippen molar-refractivity contribution in [1.29, 1.82) is 0 Å². The van der Waals surface area contributed by atoms with Crippen molar-refractivity contribution in [3.63, 3.8) is 0 Å². The van der Waals surface area contributed by atoms with Crippen molar-refractivity contribution in [1.82, 2.24) is 15.0 Å². The van der Waals surface area contributed by atoms with Gasteiger partial charge in [-0.25, -0.2) is 9.97 Å². The van der Waals surface area contributed by atoms with Crippen LogP contribution in [-0.2, 0) is 6.54 Å². The van der Waals surface area contributed by atoms with Crippen LogP contribution in [0.2, 0.25) is 0 Å². The molecule has 0 bridgehead atoms. The van der Waals surface area contributed by atoms with Gasteiger partial charge in [-0.2, -0.15) is 0 Å². The summed E-state index contributed by atoms with van der Waals surface area (Å²) >= 11 is 0. The predicted molar refractivity (Wildman–Crippen MR) is 84.4 cm³/mol. The number of carbonyl (C=O) groups excluding carboxylic acids is 1. The number of anilines is 1. The van der Waals surface area contributed by atoms with Crippen LogP contribution >= 0.6 is 0 Å². The van der Waals surface area contributed by atoms with Crippen molar-refractivity contribution in [2.45, 2.75) is 34.2 Å². The van der Waals surface area contributed by atoms with Crippen molar-refractivity contribution in [3.8, 4) is 5.75 Å². The van der Waals surface area contributed by atoms with Gasteiger partial charge in [0.05, 0.1) is 30.6 Å². The Bertz CT molecular complexity index is 714. The van der Waals surface area contributed by atoms with Gasteiger partial charge in [-0.1, -0.05) is 0 Å². The molecule has 6 nitrogen and oxygen atoms in total. The zero-order valence-corrected chi connectivity index (χ0v) is 13.5. The maximum absolute atomic E-state index is 11.4. The molecular formula is C16H20N4O2. The lowest BCUT2D eigenvalue weighted by Gasteiger charge is -2.13. The van der Waals surface area contributed by atoms with E-state index in [9.17, 15) is 4.79 Å². The lowest BCUT2D eigenvalue weighted by molar-refractivity contribution is 0.101. The molecule has 1 N–H and O–H groups in total. The van der Waals surface area contributed by atoms with Crippen LogP contribution in [0.4, 0.5) is 5.95 Å². The second kappa shape index (κ2) is 6.51. The number of nitrogens with zero attached hydrogens (tertiary/aromatic N) is 3. The minimum Gasteiger partial charge on any atom is -0.496 e. The highest BCUT2D eigenvalue weighted by Crippen LogP contribution is 2.24. The lowest BCUT2D eigenvalue weighted by atomic mass is 10.1. The van der Waals surface area contributed by atoms with Crippen molar-refractivity contribution < 1.29 is 9.53 Å². The molecule has 0 radical (unpaired) electrons. The first-order valence-electron chi connectivity index (χ1n) is 7.01. The van der Waals surface area contributed by atoms with Crippen LogP contribution in [0.1, 0.15) is 39.8 Å². The molecule has 0 saturated heterocycles. The summed E-state index contributed by atoms with van der Waals surface area (Å²) in [6, 6.07) is 0. The maximum atomic E-state index is 11.4. The fourth-order valence-corrected chi connectivity index (χ4v) is 2.31. The average molecular weight is 300 g/mol. The predicted octanol–water partition coefficient (Wildman–Crippen LogP) is 2.62. The third-order valence-corrected chi connectivity index (χ3v) is 3.52. The highest BCUT2D eigenvalue weighted by molar-refractivity contribution is 5.94. The van der Waals surface area contributed by atoms with Gasteiger partial charge in [-0.05, 0) is 27.7 Å². The van der Waals surface area contributed by atoms with E-state index in [-0.39, 0.29) is 5.78 Å². The third kappa shape index (κ3) is 3.21. The Hall–Kier alpha value is -2.50. The summed E-state index contributed by atoms with van der Waals surface area (Å²) in [5, 5.41) is 3.13. The van der Waals surface area contributed by atoms with Gasteiger partial charge >= 0.3 is 0 Å². The van der Waals surface area contributed by atoms with Crippen molar-refractivity contribution in [3.05, 3.63) is 40.5 Å². The number of Topliss-reactive ketones (excluding diaryl/α,β-unsaturated/α-hetero) is 1. The topological polar surface area (TPSA) is 77.0 Å². The largest absolute Gasteiger partial charge is 0.496 e. The molecule has 2 heterocycles. The first kappa shape index (κ1) is 15.9. The number of nitrogens with one attached hydrogen (secondary N) is 1. The summed E-state index contributed by atoms with van der Waals surface area (Å²) in [5.41, 5.74) is 4.07. The number of aromatic nitrogens is 3. The van der Waals surface area contributed by atoms with Crippen LogP contribution in [0.5, 0.6) is 5.75 Å². The zero-order chi connectivity index (χ0) is 16.3. The van der Waals surface area contributed by atoms with E-state index < -0.39 is 0 Å². The van der Waals surface area contributed by atoms with E-state index in [0.717, 1.165) is 22.6 Å². The molecule has 0 aromatic carbocycles. The Morgan fingerprint density at radius 3 is 2.55 bits per heavy atom. The van der Waals surface area contributed by atoms with Crippen LogP contribution in [-0.4, -0.2) is 27.8 Å². The Labute approximate surface area is 130 Å². The van der Waals surface area contributed by atoms with Crippen molar-refractivity contribution in [2.75, 3.05) is 12.4 Å². The number of ether oxygens (including phenoxy) is 1. The molecule has 116 valence electrons. The van der Waals surface area contributed by atoms with Crippen molar-refractivity contribution in [2.24, 2.45) is 0 Å². The van der Waals surface area contributed by atoms with Gasteiger partial charge in [-0.3, -0.25) is 9.78 Å². The van der Waals surface area contributed by atoms with Gasteiger partial charge in [0.1, 0.15) is 5.75 Å². The summed E-state index contributed by atoms with van der Waals surface area (Å²) < 4.78 is 5.39. The zero-order valence-electron chi connectivity index (χ0n) is 13.5. The summed E-state index contributed by atoms with van der Waals surface area (Å²) in [6.07, 6.45) is 3.33. The number of pyridine rings is 1. The number of carbonyl (C=O) groups is 1. The summed E-state index contributed by atoms with van der Waals surface area (Å²) in [5.74, 6) is 1.28. The van der Waals surface area contributed by atoms with Crippen LogP contribution in [0.3, 0.4) is 0 Å². The molecule has 0 saturated carbocycles. The van der Waals surface area contributed by atoms with Crippen LogP contribution < -0.4 is 10.1 Å². The molecule has 0 spiro atoms. The molecule has 2 rings (SSSR count). The highest BCUT2D eigenvalue weighted by atomic mass is 16.5. The summed E-state index contributed by atoms with van der Waals surface area (Å²) in [6.45, 7) is 7.72. The molecule has 0 aliphatic heterocycles. The minimum absolute atomic E-state index is 0.0372. The van der Waals surface area contributed by atoms with E-state index in [1.807, 2.05) is 13.8 Å². The first-order valence-corrected chi connectivity index (χ1v) is 7.01. The monoisotopic (exact) mass is 300 g/mol. The Morgan fingerprint density at radius 2 is 1.95 bits per heavy atom. The molecule has 2 aromatic heterocycles. The lowest BCUT2D eigenvalue weighted by Crippen LogP contribution is -2.10. The first-order chi connectivity index (χ1) is 10.4. The van der Waals surface area contributed by atoms with Gasteiger partial charge in [0.15, 0.2) is 5.78 Å². The SMILES string of the molecule is COc1c(C)cnc(CNc2ncc(C(C)=O)c(C)n2)c1C. The molecule has 0 amide bonds. The van der Waals surface area contributed by atoms with E-state index in [1.54, 1.807) is 26.4 Å². The quantitative estimate of drug-likeness (QED) is 0.855. The van der Waals surface area contributed by atoms with Gasteiger partial charge in [0, 0.05) is 23.5 Å². The number of aryl methyl sites for hydroxylation is 2. The molecule has 0 unspecified atom stereocenters. The Morgan fingerprint density at radius 1 is 1.23 bits per heavy atom. The Kier molecular flexibility index (Phi) is 4.70. The highest BCUT2D eigenvalue weighted by Gasteiger charge is 2.11. The second-order valence-corrected chi connectivity index (χ2v) is 5.15. The van der Waals surface area contributed by atoms with Crippen molar-refractivity contribution >= 4 is 11.7 Å². The standard InChI is InChI=1S/C16H20N4O2/c1-9-6-17-14(10(2)15(9)22-5)8-19-16-18-7-13(12(4)21)11(3)20-16/h6-7H,8H2,1-5H3,(H,18,19,20). The van der Waals surface area contributed by atoms with E-state index in [2.05, 4.69) is 20.3 Å². The number of hydrogen-bond donors (Lipinski definition) is 1. The number of methoxy groups -OCH3 is 1. The van der Waals surface area contributed by atoms with Crippen LogP contribution in [0.15, 0.2) is 12.4 Å². The summed E-state index contributed by atoms with van der Waals surface area (Å²) in [4.78, 5) is 24.3. The van der Waals surface area contributed by atoms with E-state index in [0.29, 0.717) is 23.8 Å². The van der Waals surface area contributed by atoms with E-state index in [1.165, 1.54) is 6.92 Å². The third-order valence-electron chi connectivity index (χ3n) is 3.52. The van der Waals surface area contributed by atoms with Gasteiger partial charge in [0.2, 0.25) is 5.95 Å². The molecular weight excluding hydrogens is 280 g/mol. The molecule has 0 aliphatic rings. The molecule has 0 atom stereocenters.